The second kappa shape index (κ2) is 5.32. The van der Waals surface area contributed by atoms with Crippen molar-refractivity contribution in [3.05, 3.63) is 46.8 Å². The molecule has 1 amide bonds. The number of carbonyl (C=O) groups is 1. The Hall–Kier alpha value is -2.58. The molecular weight excluding hydrogens is 318 g/mol. The molecule has 4 heterocycles. The van der Waals surface area contributed by atoms with Gasteiger partial charge in [-0.3, -0.25) is 20.2 Å². The molecule has 108 valence electrons. The summed E-state index contributed by atoms with van der Waals surface area (Å²) in [7, 11) is 0. The largest absolute Gasteiger partial charge is 0.289 e. The molecule has 0 aliphatic heterocycles. The summed E-state index contributed by atoms with van der Waals surface area (Å²) in [6.45, 7) is 0. The second-order valence-corrected chi connectivity index (χ2v) is 6.36. The first-order valence-corrected chi connectivity index (χ1v) is 8.16. The lowest BCUT2D eigenvalue weighted by Gasteiger charge is -2.00. The van der Waals surface area contributed by atoms with Crippen LogP contribution < -0.4 is 5.32 Å². The van der Waals surface area contributed by atoms with E-state index in [-0.39, 0.29) is 11.9 Å². The van der Waals surface area contributed by atoms with Crippen LogP contribution in [-0.2, 0) is 0 Å². The number of amides is 1. The Balaban J connectivity index is 1.56. The van der Waals surface area contributed by atoms with Gasteiger partial charge in [-0.05, 0) is 29.0 Å². The van der Waals surface area contributed by atoms with Crippen LogP contribution in [0.3, 0.4) is 0 Å². The molecule has 2 N–H and O–H groups in total. The lowest BCUT2D eigenvalue weighted by molar-refractivity contribution is 0.102. The van der Waals surface area contributed by atoms with E-state index >= 15 is 0 Å². The van der Waals surface area contributed by atoms with E-state index < -0.39 is 0 Å². The molecule has 0 saturated heterocycles. The van der Waals surface area contributed by atoms with Gasteiger partial charge in [0.05, 0.1) is 20.7 Å². The molecule has 6 nitrogen and oxygen atoms in total. The number of nitrogens with zero attached hydrogens (tertiary/aromatic N) is 3. The van der Waals surface area contributed by atoms with Crippen LogP contribution in [0.5, 0.6) is 0 Å². The summed E-state index contributed by atoms with van der Waals surface area (Å²) in [5, 5.41) is 13.4. The maximum Gasteiger partial charge on any atom is 0.259 e. The number of hydrogen-bond acceptors (Lipinski definition) is 6. The molecule has 4 aromatic heterocycles. The lowest BCUT2D eigenvalue weighted by atomic mass is 10.2. The van der Waals surface area contributed by atoms with Gasteiger partial charge in [-0.2, -0.15) is 4.98 Å². The summed E-state index contributed by atoms with van der Waals surface area (Å²) < 4.78 is 0.974. The average molecular weight is 327 g/mol. The third kappa shape index (κ3) is 2.38. The highest BCUT2D eigenvalue weighted by atomic mass is 32.1. The number of nitrogens with one attached hydrogen (secondary N) is 2. The van der Waals surface area contributed by atoms with Crippen molar-refractivity contribution in [2.45, 2.75) is 0 Å². The molecule has 0 bridgehead atoms. The third-order valence-electron chi connectivity index (χ3n) is 3.03. The Morgan fingerprint density at radius 1 is 1.23 bits per heavy atom. The summed E-state index contributed by atoms with van der Waals surface area (Å²) >= 11 is 3.10. The van der Waals surface area contributed by atoms with Crippen LogP contribution in [-0.4, -0.2) is 26.1 Å². The van der Waals surface area contributed by atoms with Crippen molar-refractivity contribution >= 4 is 44.7 Å². The Bertz CT molecular complexity index is 941. The van der Waals surface area contributed by atoms with E-state index in [2.05, 4.69) is 25.5 Å². The van der Waals surface area contributed by atoms with Gasteiger partial charge in [0.15, 0.2) is 5.82 Å². The van der Waals surface area contributed by atoms with E-state index in [0.29, 0.717) is 11.4 Å². The van der Waals surface area contributed by atoms with Crippen molar-refractivity contribution in [3.63, 3.8) is 0 Å². The van der Waals surface area contributed by atoms with E-state index in [1.165, 1.54) is 0 Å². The molecule has 4 aromatic rings. The summed E-state index contributed by atoms with van der Waals surface area (Å²) in [5.74, 6) is 0.608. The zero-order valence-corrected chi connectivity index (χ0v) is 12.7. The van der Waals surface area contributed by atoms with Crippen LogP contribution >= 0.6 is 22.7 Å². The number of hydrogen-bond donors (Lipinski definition) is 2. The van der Waals surface area contributed by atoms with Gasteiger partial charge in [0.2, 0.25) is 5.95 Å². The molecule has 4 rings (SSSR count). The van der Waals surface area contributed by atoms with Crippen LogP contribution in [0.15, 0.2) is 41.2 Å². The highest BCUT2D eigenvalue weighted by Crippen LogP contribution is 2.22. The maximum atomic E-state index is 12.2. The fraction of sp³-hybridized carbons (Fsp3) is 0. The summed E-state index contributed by atoms with van der Waals surface area (Å²) in [5.41, 5.74) is 1.37. The fourth-order valence-corrected chi connectivity index (χ4v) is 3.43. The van der Waals surface area contributed by atoms with Gasteiger partial charge in [0.1, 0.15) is 0 Å². The standard InChI is InChI=1S/C14H9N5OS2/c20-13(8-6-11-9(15-7-8)3-5-22-11)17-14-16-12(18-19-14)10-2-1-4-21-10/h1-7H,(H2,16,17,18,19,20). The molecule has 8 heteroatoms. The van der Waals surface area contributed by atoms with Crippen LogP contribution in [0.2, 0.25) is 0 Å². The Morgan fingerprint density at radius 2 is 2.18 bits per heavy atom. The number of carbonyl (C=O) groups excluding carboxylic acids is 1. The van der Waals surface area contributed by atoms with Gasteiger partial charge >= 0.3 is 0 Å². The highest BCUT2D eigenvalue weighted by Gasteiger charge is 2.12. The van der Waals surface area contributed by atoms with Gasteiger partial charge in [-0.25, -0.2) is 0 Å². The summed E-state index contributed by atoms with van der Waals surface area (Å²) in [4.78, 5) is 21.7. The molecule has 0 saturated carbocycles. The topological polar surface area (TPSA) is 83.6 Å². The zero-order valence-electron chi connectivity index (χ0n) is 11.1. The Labute approximate surface area is 132 Å². The van der Waals surface area contributed by atoms with Crippen LogP contribution in [0.4, 0.5) is 5.95 Å². The van der Waals surface area contributed by atoms with Crippen molar-refractivity contribution in [2.24, 2.45) is 0 Å². The molecule has 0 atom stereocenters. The third-order valence-corrected chi connectivity index (χ3v) is 4.76. The van der Waals surface area contributed by atoms with Crippen molar-refractivity contribution < 1.29 is 4.79 Å². The number of aromatic nitrogens is 4. The number of aromatic amines is 1. The molecule has 0 spiro atoms. The monoisotopic (exact) mass is 327 g/mol. The predicted octanol–water partition coefficient (Wildman–Crippen LogP) is 3.40. The summed E-state index contributed by atoms with van der Waals surface area (Å²) in [6.07, 6.45) is 1.55. The number of pyridine rings is 1. The van der Waals surface area contributed by atoms with Gasteiger partial charge in [-0.1, -0.05) is 6.07 Å². The maximum absolute atomic E-state index is 12.2. The first-order chi connectivity index (χ1) is 10.8. The first-order valence-electron chi connectivity index (χ1n) is 6.40. The first kappa shape index (κ1) is 13.1. The number of H-pyrrole nitrogens is 1. The molecule has 0 unspecified atom stereocenters. The van der Waals surface area contributed by atoms with Gasteiger partial charge < -0.3 is 0 Å². The Morgan fingerprint density at radius 3 is 3.05 bits per heavy atom. The van der Waals surface area contributed by atoms with Crippen molar-refractivity contribution in [2.75, 3.05) is 5.32 Å². The molecular formula is C14H9N5OS2. The molecule has 0 fully saturated rings. The smallest absolute Gasteiger partial charge is 0.259 e. The Kier molecular flexibility index (Phi) is 3.17. The van der Waals surface area contributed by atoms with Crippen LogP contribution in [0.1, 0.15) is 10.4 Å². The fourth-order valence-electron chi connectivity index (χ4n) is 1.99. The zero-order chi connectivity index (χ0) is 14.9. The number of anilines is 1. The highest BCUT2D eigenvalue weighted by molar-refractivity contribution is 7.17. The van der Waals surface area contributed by atoms with E-state index in [4.69, 9.17) is 0 Å². The number of thiophene rings is 2. The van der Waals surface area contributed by atoms with Crippen molar-refractivity contribution in [1.29, 1.82) is 0 Å². The molecule has 0 aromatic carbocycles. The van der Waals surface area contributed by atoms with E-state index in [9.17, 15) is 4.79 Å². The molecule has 0 aliphatic rings. The van der Waals surface area contributed by atoms with Crippen molar-refractivity contribution in [1.82, 2.24) is 20.2 Å². The minimum atomic E-state index is -0.278. The van der Waals surface area contributed by atoms with E-state index in [0.717, 1.165) is 15.1 Å². The molecule has 0 aliphatic carbocycles. The normalized spacial score (nSPS) is 10.9. The van der Waals surface area contributed by atoms with Crippen molar-refractivity contribution in [3.8, 4) is 10.7 Å². The SMILES string of the molecule is O=C(Nc1n[nH]c(-c2cccs2)n1)c1cnc2ccsc2c1. The minimum absolute atomic E-state index is 0.250. The van der Waals surface area contributed by atoms with Crippen LogP contribution in [0.25, 0.3) is 20.9 Å². The lowest BCUT2D eigenvalue weighted by Crippen LogP contribution is -2.13. The van der Waals surface area contributed by atoms with Gasteiger partial charge in [-0.15, -0.1) is 27.8 Å². The van der Waals surface area contributed by atoms with Gasteiger partial charge in [0.25, 0.3) is 5.91 Å². The van der Waals surface area contributed by atoms with E-state index in [1.807, 2.05) is 35.0 Å². The molecule has 22 heavy (non-hydrogen) atoms. The van der Waals surface area contributed by atoms with Gasteiger partial charge in [0, 0.05) is 6.20 Å². The van der Waals surface area contributed by atoms with E-state index in [1.54, 1.807) is 28.9 Å². The predicted molar refractivity (Wildman–Crippen MR) is 87.3 cm³/mol. The summed E-state index contributed by atoms with van der Waals surface area (Å²) in [6, 6.07) is 7.60. The van der Waals surface area contributed by atoms with Crippen LogP contribution in [0, 0.1) is 0 Å². The second-order valence-electron chi connectivity index (χ2n) is 4.47. The molecule has 0 radical (unpaired) electrons. The quantitative estimate of drug-likeness (QED) is 0.604. The minimum Gasteiger partial charge on any atom is -0.289 e. The number of fused-ring (bicyclic) bond motifs is 1. The average Bonchev–Trinajstić information content (AvgIpc) is 3.27. The number of rotatable bonds is 3.